The maximum atomic E-state index is 7.59. The summed E-state index contributed by atoms with van der Waals surface area (Å²) in [5.74, 6) is 1.15. The van der Waals surface area contributed by atoms with Gasteiger partial charge in [0.15, 0.2) is 11.5 Å². The van der Waals surface area contributed by atoms with Crippen LogP contribution in [0.3, 0.4) is 0 Å². The summed E-state index contributed by atoms with van der Waals surface area (Å²) in [6.45, 7) is 16.7. The molecule has 0 aliphatic carbocycles. The van der Waals surface area contributed by atoms with Gasteiger partial charge in [-0.2, -0.15) is 0 Å². The van der Waals surface area contributed by atoms with E-state index >= 15 is 0 Å². The topological polar surface area (TPSA) is 51.0 Å². The standard InChI is InChI=1S/C24H20Cl2N4O2/c1-5-14(2)30-12-16(13-30)32-23-9-17-20(10-22(23)31-4)28-11-21(27-3)24(17)29-15-6-7-18(25)19(26)8-15/h5-11,16H,1-2,12-13H2,4H3,(H,28,29). The summed E-state index contributed by atoms with van der Waals surface area (Å²) in [6, 6.07) is 8.85. The number of pyridine rings is 1. The number of nitrogens with zero attached hydrogens (tertiary/aromatic N) is 3. The number of hydrogen-bond acceptors (Lipinski definition) is 5. The number of aromatic nitrogens is 1. The number of fused-ring (bicyclic) bond motifs is 1. The number of allylic oxidation sites excluding steroid dienone is 1. The van der Waals surface area contributed by atoms with Crippen molar-refractivity contribution in [3.63, 3.8) is 0 Å². The molecule has 0 bridgehead atoms. The van der Waals surface area contributed by atoms with E-state index in [1.165, 1.54) is 6.20 Å². The molecule has 4 rings (SSSR count). The Kier molecular flexibility index (Phi) is 6.13. The zero-order valence-corrected chi connectivity index (χ0v) is 18.9. The molecule has 0 amide bonds. The monoisotopic (exact) mass is 466 g/mol. The van der Waals surface area contributed by atoms with E-state index in [9.17, 15) is 0 Å². The van der Waals surface area contributed by atoms with Gasteiger partial charge in [-0.25, -0.2) is 4.85 Å². The van der Waals surface area contributed by atoms with Gasteiger partial charge < -0.3 is 19.7 Å². The van der Waals surface area contributed by atoms with Gasteiger partial charge in [-0.05, 0) is 30.3 Å². The molecule has 0 spiro atoms. The zero-order chi connectivity index (χ0) is 22.8. The van der Waals surface area contributed by atoms with Crippen molar-refractivity contribution >= 4 is 51.2 Å². The number of nitrogens with one attached hydrogen (secondary N) is 1. The first-order valence-electron chi connectivity index (χ1n) is 9.76. The summed E-state index contributed by atoms with van der Waals surface area (Å²) in [5, 5.41) is 4.89. The summed E-state index contributed by atoms with van der Waals surface area (Å²) in [4.78, 5) is 10.1. The quantitative estimate of drug-likeness (QED) is 0.313. The molecule has 0 atom stereocenters. The van der Waals surface area contributed by atoms with Gasteiger partial charge >= 0.3 is 0 Å². The summed E-state index contributed by atoms with van der Waals surface area (Å²) in [6.07, 6.45) is 3.24. The molecule has 0 unspecified atom stereocenters. The average Bonchev–Trinajstić information content (AvgIpc) is 2.77. The van der Waals surface area contributed by atoms with Gasteiger partial charge in [0.25, 0.3) is 0 Å². The van der Waals surface area contributed by atoms with Gasteiger partial charge in [0.05, 0.1) is 48.0 Å². The lowest BCUT2D eigenvalue weighted by molar-refractivity contribution is 0.0454. The number of hydrogen-bond donors (Lipinski definition) is 1. The third-order valence-electron chi connectivity index (χ3n) is 5.23. The molecule has 0 radical (unpaired) electrons. The second-order valence-electron chi connectivity index (χ2n) is 7.24. The van der Waals surface area contributed by atoms with Crippen LogP contribution in [0.25, 0.3) is 15.7 Å². The molecule has 1 saturated heterocycles. The number of ether oxygens (including phenoxy) is 2. The maximum absolute atomic E-state index is 7.59. The highest BCUT2D eigenvalue weighted by Gasteiger charge is 2.29. The fraction of sp³-hybridized carbons (Fsp3) is 0.167. The molecule has 6 nitrogen and oxygen atoms in total. The molecule has 1 aliphatic rings. The molecule has 32 heavy (non-hydrogen) atoms. The smallest absolute Gasteiger partial charge is 0.228 e. The van der Waals surface area contributed by atoms with Crippen molar-refractivity contribution in [3.8, 4) is 11.5 Å². The van der Waals surface area contributed by atoms with Gasteiger partial charge in [-0.15, -0.1) is 0 Å². The van der Waals surface area contributed by atoms with Crippen LogP contribution in [-0.2, 0) is 0 Å². The maximum Gasteiger partial charge on any atom is 0.228 e. The van der Waals surface area contributed by atoms with Gasteiger partial charge in [0.1, 0.15) is 6.10 Å². The molecule has 1 aliphatic heterocycles. The van der Waals surface area contributed by atoms with Gasteiger partial charge in [-0.3, -0.25) is 4.98 Å². The van der Waals surface area contributed by atoms with Gasteiger partial charge in [0.2, 0.25) is 5.69 Å². The van der Waals surface area contributed by atoms with E-state index in [-0.39, 0.29) is 6.10 Å². The van der Waals surface area contributed by atoms with E-state index in [1.807, 2.05) is 6.07 Å². The summed E-state index contributed by atoms with van der Waals surface area (Å²) < 4.78 is 11.7. The highest BCUT2D eigenvalue weighted by molar-refractivity contribution is 6.42. The van der Waals surface area contributed by atoms with Crippen LogP contribution in [0.4, 0.5) is 17.1 Å². The highest BCUT2D eigenvalue weighted by atomic mass is 35.5. The van der Waals surface area contributed by atoms with E-state index < -0.39 is 0 Å². The first-order valence-corrected chi connectivity index (χ1v) is 10.5. The Morgan fingerprint density at radius 1 is 1.25 bits per heavy atom. The molecule has 0 saturated carbocycles. The van der Waals surface area contributed by atoms with Crippen molar-refractivity contribution in [2.24, 2.45) is 0 Å². The lowest BCUT2D eigenvalue weighted by Crippen LogP contribution is -2.52. The number of likely N-dealkylation sites (tertiary alicyclic amines) is 1. The Balaban J connectivity index is 1.72. The van der Waals surface area contributed by atoms with E-state index in [4.69, 9.17) is 39.2 Å². The first kappa shape index (κ1) is 21.8. The fourth-order valence-corrected chi connectivity index (χ4v) is 3.73. The van der Waals surface area contributed by atoms with Crippen molar-refractivity contribution in [3.05, 3.63) is 82.9 Å². The molecule has 8 heteroatoms. The van der Waals surface area contributed by atoms with E-state index in [2.05, 4.69) is 33.2 Å². The minimum atomic E-state index is -0.0125. The van der Waals surface area contributed by atoms with Crippen LogP contribution in [0.5, 0.6) is 11.5 Å². The summed E-state index contributed by atoms with van der Waals surface area (Å²) >= 11 is 12.2. The van der Waals surface area contributed by atoms with Crippen molar-refractivity contribution in [1.82, 2.24) is 9.88 Å². The predicted octanol–water partition coefficient (Wildman–Crippen LogP) is 6.61. The Morgan fingerprint density at radius 3 is 2.69 bits per heavy atom. The predicted molar refractivity (Wildman–Crippen MR) is 130 cm³/mol. The molecular formula is C24H20Cl2N4O2. The second kappa shape index (κ2) is 8.99. The molecule has 1 fully saturated rings. The first-order chi connectivity index (χ1) is 15.4. The number of halogens is 2. The number of rotatable bonds is 7. The average molecular weight is 467 g/mol. The largest absolute Gasteiger partial charge is 0.493 e. The molecule has 1 N–H and O–H groups in total. The molecule has 162 valence electrons. The highest BCUT2D eigenvalue weighted by Crippen LogP contribution is 2.41. The third kappa shape index (κ3) is 4.18. The van der Waals surface area contributed by atoms with E-state index in [0.717, 1.165) is 11.1 Å². The van der Waals surface area contributed by atoms with Crippen molar-refractivity contribution in [2.45, 2.75) is 6.10 Å². The van der Waals surface area contributed by atoms with Gasteiger partial charge in [0, 0.05) is 29.0 Å². The van der Waals surface area contributed by atoms with Crippen LogP contribution < -0.4 is 14.8 Å². The third-order valence-corrected chi connectivity index (χ3v) is 5.97. The Bertz CT molecular complexity index is 1260. The Labute approximate surface area is 196 Å². The lowest BCUT2D eigenvalue weighted by atomic mass is 10.1. The number of benzene rings is 2. The lowest BCUT2D eigenvalue weighted by Gasteiger charge is -2.41. The molecule has 3 aromatic rings. The number of methoxy groups -OCH3 is 1. The van der Waals surface area contributed by atoms with Crippen LogP contribution >= 0.6 is 23.2 Å². The van der Waals surface area contributed by atoms with Crippen LogP contribution in [0.2, 0.25) is 10.0 Å². The normalized spacial score (nSPS) is 13.2. The number of anilines is 2. The second-order valence-corrected chi connectivity index (χ2v) is 8.06. The van der Waals surface area contributed by atoms with Crippen molar-refractivity contribution in [1.29, 1.82) is 0 Å². The fourth-order valence-electron chi connectivity index (χ4n) is 3.43. The minimum absolute atomic E-state index is 0.0125. The van der Waals surface area contributed by atoms with E-state index in [0.29, 0.717) is 57.2 Å². The summed E-state index contributed by atoms with van der Waals surface area (Å²) in [7, 11) is 1.59. The van der Waals surface area contributed by atoms with Crippen LogP contribution in [0.1, 0.15) is 0 Å². The van der Waals surface area contributed by atoms with Gasteiger partial charge in [-0.1, -0.05) is 36.4 Å². The Morgan fingerprint density at radius 2 is 2.03 bits per heavy atom. The summed E-state index contributed by atoms with van der Waals surface area (Å²) in [5.41, 5.74) is 3.21. The van der Waals surface area contributed by atoms with Crippen LogP contribution in [0, 0.1) is 6.57 Å². The zero-order valence-electron chi connectivity index (χ0n) is 17.4. The van der Waals surface area contributed by atoms with Crippen molar-refractivity contribution in [2.75, 3.05) is 25.5 Å². The molecule has 2 aromatic carbocycles. The van der Waals surface area contributed by atoms with E-state index in [1.54, 1.807) is 37.5 Å². The van der Waals surface area contributed by atoms with Crippen LogP contribution in [0.15, 0.2) is 61.5 Å². The Hall–Kier alpha value is -3.40. The minimum Gasteiger partial charge on any atom is -0.493 e. The molecule has 2 heterocycles. The van der Waals surface area contributed by atoms with Crippen molar-refractivity contribution < 1.29 is 9.47 Å². The molecular weight excluding hydrogens is 447 g/mol. The van der Waals surface area contributed by atoms with Crippen LogP contribution in [-0.4, -0.2) is 36.2 Å². The SMILES string of the molecule is [C-]#[N+]c1cnc2cc(OC)c(OC3CN(C(=C)C=C)C3)cc2c1Nc1ccc(Cl)c(Cl)c1. The molecule has 1 aromatic heterocycles.